The number of phenols is 1. The molecule has 20 heavy (non-hydrogen) atoms. The maximum Gasteiger partial charge on any atom is 0.121 e. The minimum Gasteiger partial charge on any atom is -0.507 e. The highest BCUT2D eigenvalue weighted by Crippen LogP contribution is 2.23. The zero-order valence-corrected chi connectivity index (χ0v) is 13.9. The van der Waals surface area contributed by atoms with E-state index in [2.05, 4.69) is 49.9 Å². The average Bonchev–Trinajstić information content (AvgIpc) is 2.32. The van der Waals surface area contributed by atoms with Crippen LogP contribution >= 0.6 is 0 Å². The zero-order valence-electron chi connectivity index (χ0n) is 13.9. The Balaban J connectivity index is 2.77. The summed E-state index contributed by atoms with van der Waals surface area (Å²) in [5.41, 5.74) is 3.23. The van der Waals surface area contributed by atoms with E-state index >= 15 is 0 Å². The predicted molar refractivity (Wildman–Crippen MR) is 86.2 cm³/mol. The van der Waals surface area contributed by atoms with Gasteiger partial charge in [-0.15, -0.1) is 0 Å². The summed E-state index contributed by atoms with van der Waals surface area (Å²) >= 11 is 0. The Kier molecular flexibility index (Phi) is 6.50. The smallest absolute Gasteiger partial charge is 0.121 e. The quantitative estimate of drug-likeness (QED) is 0.830. The van der Waals surface area contributed by atoms with Gasteiger partial charge in [0, 0.05) is 26.2 Å². The fourth-order valence-electron chi connectivity index (χ4n) is 2.49. The van der Waals surface area contributed by atoms with Crippen LogP contribution in [0.15, 0.2) is 12.1 Å². The standard InChI is InChI=1S/C17H30N2O/c1-13(2)11-19(8-7-18(5)6)12-16-9-14(3)17(20)15(4)10-16/h9-10,13,20H,7-8,11-12H2,1-6H3. The van der Waals surface area contributed by atoms with Crippen molar-refractivity contribution in [3.05, 3.63) is 28.8 Å². The van der Waals surface area contributed by atoms with Gasteiger partial charge in [-0.05, 0) is 50.6 Å². The van der Waals surface area contributed by atoms with Gasteiger partial charge in [0.2, 0.25) is 0 Å². The monoisotopic (exact) mass is 278 g/mol. The fourth-order valence-corrected chi connectivity index (χ4v) is 2.49. The van der Waals surface area contributed by atoms with Crippen LogP contribution in [0.5, 0.6) is 5.75 Å². The second-order valence-electron chi connectivity index (χ2n) is 6.51. The van der Waals surface area contributed by atoms with Gasteiger partial charge in [-0.1, -0.05) is 26.0 Å². The van der Waals surface area contributed by atoms with Gasteiger partial charge in [0.15, 0.2) is 0 Å². The van der Waals surface area contributed by atoms with E-state index < -0.39 is 0 Å². The molecule has 0 aromatic heterocycles. The van der Waals surface area contributed by atoms with Gasteiger partial charge < -0.3 is 10.0 Å². The number of aryl methyl sites for hydroxylation is 2. The molecule has 1 aromatic rings. The van der Waals surface area contributed by atoms with Crippen LogP contribution in [0.25, 0.3) is 0 Å². The summed E-state index contributed by atoms with van der Waals surface area (Å²) in [7, 11) is 4.23. The van der Waals surface area contributed by atoms with Gasteiger partial charge in [-0.3, -0.25) is 4.90 Å². The summed E-state index contributed by atoms with van der Waals surface area (Å²) < 4.78 is 0. The molecule has 0 unspecified atom stereocenters. The maximum atomic E-state index is 9.87. The van der Waals surface area contributed by atoms with E-state index in [9.17, 15) is 5.11 Å². The second-order valence-corrected chi connectivity index (χ2v) is 6.51. The Hall–Kier alpha value is -1.06. The third-order valence-corrected chi connectivity index (χ3v) is 3.44. The van der Waals surface area contributed by atoms with Crippen LogP contribution in [0.1, 0.15) is 30.5 Å². The summed E-state index contributed by atoms with van der Waals surface area (Å²) in [6.45, 7) is 12.7. The van der Waals surface area contributed by atoms with Crippen molar-refractivity contribution in [2.45, 2.75) is 34.2 Å². The van der Waals surface area contributed by atoms with Crippen molar-refractivity contribution in [3.8, 4) is 5.75 Å². The van der Waals surface area contributed by atoms with Crippen LogP contribution in [-0.2, 0) is 6.54 Å². The molecule has 0 fully saturated rings. The molecule has 0 radical (unpaired) electrons. The molecule has 3 heteroatoms. The van der Waals surface area contributed by atoms with E-state index in [4.69, 9.17) is 0 Å². The third kappa shape index (κ3) is 5.51. The summed E-state index contributed by atoms with van der Waals surface area (Å²) in [5, 5.41) is 9.87. The highest BCUT2D eigenvalue weighted by molar-refractivity contribution is 5.42. The van der Waals surface area contributed by atoms with E-state index in [0.717, 1.165) is 37.3 Å². The number of hydrogen-bond acceptors (Lipinski definition) is 3. The highest BCUT2D eigenvalue weighted by atomic mass is 16.3. The summed E-state index contributed by atoms with van der Waals surface area (Å²) in [4.78, 5) is 4.72. The minimum atomic E-state index is 0.428. The van der Waals surface area contributed by atoms with Crippen LogP contribution in [-0.4, -0.2) is 48.6 Å². The lowest BCUT2D eigenvalue weighted by molar-refractivity contribution is 0.211. The Morgan fingerprint density at radius 3 is 2.05 bits per heavy atom. The summed E-state index contributed by atoms with van der Waals surface area (Å²) in [6.07, 6.45) is 0. The lowest BCUT2D eigenvalue weighted by Gasteiger charge is -2.26. The Bertz CT molecular complexity index is 404. The topological polar surface area (TPSA) is 26.7 Å². The molecule has 0 saturated heterocycles. The van der Waals surface area contributed by atoms with Crippen molar-refractivity contribution >= 4 is 0 Å². The van der Waals surface area contributed by atoms with Gasteiger partial charge in [-0.25, -0.2) is 0 Å². The van der Waals surface area contributed by atoms with E-state index in [1.807, 2.05) is 13.8 Å². The normalized spacial score (nSPS) is 11.8. The third-order valence-electron chi connectivity index (χ3n) is 3.44. The molecule has 0 spiro atoms. The molecule has 0 amide bonds. The van der Waals surface area contributed by atoms with E-state index in [-0.39, 0.29) is 0 Å². The molecule has 3 nitrogen and oxygen atoms in total. The van der Waals surface area contributed by atoms with Gasteiger partial charge >= 0.3 is 0 Å². The zero-order chi connectivity index (χ0) is 15.3. The van der Waals surface area contributed by atoms with Crippen molar-refractivity contribution < 1.29 is 5.11 Å². The van der Waals surface area contributed by atoms with Gasteiger partial charge in [-0.2, -0.15) is 0 Å². The number of aromatic hydroxyl groups is 1. The first kappa shape index (κ1) is 17.0. The van der Waals surface area contributed by atoms with Crippen LogP contribution in [0.2, 0.25) is 0 Å². The lowest BCUT2D eigenvalue weighted by atomic mass is 10.0. The van der Waals surface area contributed by atoms with Crippen LogP contribution < -0.4 is 0 Å². The van der Waals surface area contributed by atoms with Crippen molar-refractivity contribution in [1.82, 2.24) is 9.80 Å². The molecule has 0 aliphatic rings. The molecule has 1 aromatic carbocycles. The van der Waals surface area contributed by atoms with E-state index in [0.29, 0.717) is 11.7 Å². The van der Waals surface area contributed by atoms with Gasteiger partial charge in [0.25, 0.3) is 0 Å². The highest BCUT2D eigenvalue weighted by Gasteiger charge is 2.11. The molecule has 114 valence electrons. The Morgan fingerprint density at radius 1 is 1.05 bits per heavy atom. The molecule has 0 aliphatic heterocycles. The second kappa shape index (κ2) is 7.65. The molecule has 0 saturated carbocycles. The molecular formula is C17H30N2O. The van der Waals surface area contributed by atoms with Crippen LogP contribution in [0.4, 0.5) is 0 Å². The molecule has 0 atom stereocenters. The largest absolute Gasteiger partial charge is 0.507 e. The molecular weight excluding hydrogens is 248 g/mol. The van der Waals surface area contributed by atoms with Crippen molar-refractivity contribution in [3.63, 3.8) is 0 Å². The van der Waals surface area contributed by atoms with E-state index in [1.165, 1.54) is 5.56 Å². The number of rotatable bonds is 7. The summed E-state index contributed by atoms with van der Waals surface area (Å²) in [6, 6.07) is 4.20. The Labute approximate surface area is 124 Å². The number of likely N-dealkylation sites (N-methyl/N-ethyl adjacent to an activating group) is 1. The first-order chi connectivity index (χ1) is 9.29. The van der Waals surface area contributed by atoms with Crippen LogP contribution in [0, 0.1) is 19.8 Å². The molecule has 0 heterocycles. The molecule has 1 rings (SSSR count). The number of nitrogens with zero attached hydrogens (tertiary/aromatic N) is 2. The first-order valence-corrected chi connectivity index (χ1v) is 7.45. The number of benzene rings is 1. The predicted octanol–water partition coefficient (Wildman–Crippen LogP) is 3.03. The average molecular weight is 278 g/mol. The summed E-state index contributed by atoms with van der Waals surface area (Å²) in [5.74, 6) is 1.09. The molecule has 1 N–H and O–H groups in total. The maximum absolute atomic E-state index is 9.87. The minimum absolute atomic E-state index is 0.428. The first-order valence-electron chi connectivity index (χ1n) is 7.45. The van der Waals surface area contributed by atoms with Crippen molar-refractivity contribution in [1.29, 1.82) is 0 Å². The van der Waals surface area contributed by atoms with Gasteiger partial charge in [0.1, 0.15) is 5.75 Å². The number of hydrogen-bond donors (Lipinski definition) is 1. The molecule has 0 bridgehead atoms. The van der Waals surface area contributed by atoms with Crippen molar-refractivity contribution in [2.24, 2.45) is 5.92 Å². The Morgan fingerprint density at radius 2 is 1.60 bits per heavy atom. The lowest BCUT2D eigenvalue weighted by Crippen LogP contribution is -2.34. The molecule has 0 aliphatic carbocycles. The van der Waals surface area contributed by atoms with E-state index in [1.54, 1.807) is 0 Å². The fraction of sp³-hybridized carbons (Fsp3) is 0.647. The number of phenolic OH excluding ortho intramolecular Hbond substituents is 1. The van der Waals surface area contributed by atoms with Crippen molar-refractivity contribution in [2.75, 3.05) is 33.7 Å². The SMILES string of the molecule is Cc1cc(CN(CCN(C)C)CC(C)C)cc(C)c1O. The van der Waals surface area contributed by atoms with Crippen LogP contribution in [0.3, 0.4) is 0 Å². The van der Waals surface area contributed by atoms with Gasteiger partial charge in [0.05, 0.1) is 0 Å².